The highest BCUT2D eigenvalue weighted by molar-refractivity contribution is 7.91. The van der Waals surface area contributed by atoms with Crippen molar-refractivity contribution >= 4 is 15.5 Å². The summed E-state index contributed by atoms with van der Waals surface area (Å²) < 4.78 is 33.6. The Morgan fingerprint density at radius 2 is 1.55 bits per heavy atom. The Bertz CT molecular complexity index is 1390. The predicted molar refractivity (Wildman–Crippen MR) is 106 cm³/mol. The first kappa shape index (κ1) is 17.3. The molecule has 2 aromatic carbocycles. The lowest BCUT2D eigenvalue weighted by atomic mass is 10.2. The van der Waals surface area contributed by atoms with Crippen LogP contribution in [0.15, 0.2) is 99.5 Å². The molecule has 0 atom stereocenters. The molecule has 0 aliphatic heterocycles. The van der Waals surface area contributed by atoms with E-state index in [-0.39, 0.29) is 15.6 Å². The van der Waals surface area contributed by atoms with Crippen molar-refractivity contribution in [3.05, 3.63) is 85.1 Å². The molecule has 0 radical (unpaired) electrons. The van der Waals surface area contributed by atoms with E-state index < -0.39 is 9.84 Å². The molecule has 0 unspecified atom stereocenters. The molecule has 0 spiro atoms. The highest BCUT2D eigenvalue weighted by Gasteiger charge is 2.29. The van der Waals surface area contributed by atoms with Crippen LogP contribution >= 0.6 is 0 Å². The van der Waals surface area contributed by atoms with E-state index in [0.717, 1.165) is 5.56 Å². The predicted octanol–water partition coefficient (Wildman–Crippen LogP) is 3.88. The first-order valence-electron chi connectivity index (χ1n) is 8.80. The van der Waals surface area contributed by atoms with Crippen LogP contribution in [0.5, 0.6) is 0 Å². The van der Waals surface area contributed by atoms with Crippen LogP contribution in [0.2, 0.25) is 0 Å². The SMILES string of the molecule is O=S(=O)(c1ccccc1)c1nnc2cc(-c3ccccc3)nn2c1-c1ccco1. The summed E-state index contributed by atoms with van der Waals surface area (Å²) in [7, 11) is -3.94. The summed E-state index contributed by atoms with van der Waals surface area (Å²) in [6, 6.07) is 22.8. The van der Waals surface area contributed by atoms with Crippen molar-refractivity contribution < 1.29 is 12.8 Å². The van der Waals surface area contributed by atoms with E-state index in [4.69, 9.17) is 4.42 Å². The number of hydrogen-bond donors (Lipinski definition) is 0. The highest BCUT2D eigenvalue weighted by atomic mass is 32.2. The van der Waals surface area contributed by atoms with Gasteiger partial charge in [0.25, 0.3) is 0 Å². The molecule has 3 heterocycles. The molecular weight excluding hydrogens is 388 g/mol. The van der Waals surface area contributed by atoms with Crippen LogP contribution < -0.4 is 0 Å². The average molecular weight is 402 g/mol. The molecule has 8 heteroatoms. The summed E-state index contributed by atoms with van der Waals surface area (Å²) in [5, 5.41) is 12.6. The van der Waals surface area contributed by atoms with Crippen LogP contribution in [-0.2, 0) is 9.84 Å². The third-order valence-corrected chi connectivity index (χ3v) is 6.16. The summed E-state index contributed by atoms with van der Waals surface area (Å²) in [6.45, 7) is 0. The van der Waals surface area contributed by atoms with Crippen LogP contribution in [-0.4, -0.2) is 28.2 Å². The van der Waals surface area contributed by atoms with E-state index in [9.17, 15) is 8.42 Å². The van der Waals surface area contributed by atoms with Gasteiger partial charge in [0.1, 0.15) is 5.69 Å². The zero-order valence-corrected chi connectivity index (χ0v) is 15.8. The minimum atomic E-state index is -3.94. The van der Waals surface area contributed by atoms with E-state index in [1.54, 1.807) is 36.4 Å². The molecule has 0 amide bonds. The molecule has 3 aromatic heterocycles. The Morgan fingerprint density at radius 3 is 2.24 bits per heavy atom. The molecule has 5 aromatic rings. The Hall–Kier alpha value is -3.78. The normalized spacial score (nSPS) is 11.7. The summed E-state index contributed by atoms with van der Waals surface area (Å²) in [5.74, 6) is 0.335. The van der Waals surface area contributed by atoms with Crippen molar-refractivity contribution in [2.45, 2.75) is 9.92 Å². The molecule has 0 aliphatic carbocycles. The largest absolute Gasteiger partial charge is 0.463 e. The van der Waals surface area contributed by atoms with E-state index in [2.05, 4.69) is 15.3 Å². The van der Waals surface area contributed by atoms with Gasteiger partial charge in [0.05, 0.1) is 16.9 Å². The lowest BCUT2D eigenvalue weighted by Crippen LogP contribution is -2.11. The van der Waals surface area contributed by atoms with E-state index in [0.29, 0.717) is 17.1 Å². The van der Waals surface area contributed by atoms with Crippen LogP contribution in [0.1, 0.15) is 0 Å². The van der Waals surface area contributed by atoms with Crippen LogP contribution in [0.4, 0.5) is 0 Å². The van der Waals surface area contributed by atoms with E-state index in [1.165, 1.54) is 22.9 Å². The second kappa shape index (κ2) is 6.68. The molecule has 0 saturated heterocycles. The zero-order valence-electron chi connectivity index (χ0n) is 15.0. The van der Waals surface area contributed by atoms with Gasteiger partial charge in [-0.2, -0.15) is 5.10 Å². The second-order valence-electron chi connectivity index (χ2n) is 6.31. The fraction of sp³-hybridized carbons (Fsp3) is 0. The van der Waals surface area contributed by atoms with Gasteiger partial charge < -0.3 is 4.42 Å². The second-order valence-corrected chi connectivity index (χ2v) is 8.18. The van der Waals surface area contributed by atoms with Crippen molar-refractivity contribution in [1.82, 2.24) is 19.8 Å². The molecule has 0 saturated carbocycles. The molecule has 0 bridgehead atoms. The van der Waals surface area contributed by atoms with Crippen molar-refractivity contribution in [3.63, 3.8) is 0 Å². The third kappa shape index (κ3) is 2.90. The molecule has 7 nitrogen and oxygen atoms in total. The molecule has 29 heavy (non-hydrogen) atoms. The van der Waals surface area contributed by atoms with Gasteiger partial charge in [-0.15, -0.1) is 10.2 Å². The number of benzene rings is 2. The molecule has 0 fully saturated rings. The van der Waals surface area contributed by atoms with Gasteiger partial charge in [-0.3, -0.25) is 0 Å². The topological polar surface area (TPSA) is 90.4 Å². The first-order chi connectivity index (χ1) is 14.1. The van der Waals surface area contributed by atoms with Gasteiger partial charge >= 0.3 is 0 Å². The number of furan rings is 1. The monoisotopic (exact) mass is 402 g/mol. The summed E-state index contributed by atoms with van der Waals surface area (Å²) >= 11 is 0. The lowest BCUT2D eigenvalue weighted by Gasteiger charge is -2.09. The van der Waals surface area contributed by atoms with Gasteiger partial charge in [0.2, 0.25) is 14.9 Å². The van der Waals surface area contributed by atoms with Crippen molar-refractivity contribution in [1.29, 1.82) is 0 Å². The maximum absolute atomic E-state index is 13.3. The van der Waals surface area contributed by atoms with Crippen molar-refractivity contribution in [2.75, 3.05) is 0 Å². The maximum atomic E-state index is 13.3. The van der Waals surface area contributed by atoms with E-state index >= 15 is 0 Å². The quantitative estimate of drug-likeness (QED) is 0.453. The lowest BCUT2D eigenvalue weighted by molar-refractivity contribution is 0.565. The Kier molecular flexibility index (Phi) is 3.99. The summed E-state index contributed by atoms with van der Waals surface area (Å²) in [6.07, 6.45) is 1.47. The molecule has 142 valence electrons. The first-order valence-corrected chi connectivity index (χ1v) is 10.3. The van der Waals surface area contributed by atoms with Crippen LogP contribution in [0, 0.1) is 0 Å². The highest BCUT2D eigenvalue weighted by Crippen LogP contribution is 2.31. The fourth-order valence-corrected chi connectivity index (χ4v) is 4.44. The van der Waals surface area contributed by atoms with E-state index in [1.807, 2.05) is 30.3 Å². The molecule has 5 rings (SSSR count). The van der Waals surface area contributed by atoms with Crippen LogP contribution in [0.25, 0.3) is 28.4 Å². The Balaban J connectivity index is 1.81. The van der Waals surface area contributed by atoms with Gasteiger partial charge in [-0.1, -0.05) is 48.5 Å². The minimum absolute atomic E-state index is 0.122. The number of sulfone groups is 1. The number of aromatic nitrogens is 4. The third-order valence-electron chi connectivity index (χ3n) is 4.48. The maximum Gasteiger partial charge on any atom is 0.228 e. The van der Waals surface area contributed by atoms with Gasteiger partial charge in [-0.05, 0) is 24.3 Å². The number of fused-ring (bicyclic) bond motifs is 1. The number of rotatable bonds is 4. The van der Waals surface area contributed by atoms with Crippen molar-refractivity contribution in [3.8, 4) is 22.7 Å². The van der Waals surface area contributed by atoms with Gasteiger partial charge in [0.15, 0.2) is 11.4 Å². The average Bonchev–Trinajstić information content (AvgIpc) is 3.44. The van der Waals surface area contributed by atoms with Crippen LogP contribution in [0.3, 0.4) is 0 Å². The Labute approximate surface area is 166 Å². The molecule has 0 N–H and O–H groups in total. The summed E-state index contributed by atoms with van der Waals surface area (Å²) in [5.41, 5.74) is 2.19. The standard InChI is InChI=1S/C21H14N4O3S/c26-29(27,16-10-5-2-6-11-16)21-20(18-12-7-13-28-18)25-19(22-23-21)14-17(24-25)15-8-3-1-4-9-15/h1-14H. The fourth-order valence-electron chi connectivity index (χ4n) is 3.11. The molecule has 0 aliphatic rings. The summed E-state index contributed by atoms with van der Waals surface area (Å²) in [4.78, 5) is 0.122. The number of nitrogens with zero attached hydrogens (tertiary/aromatic N) is 4. The van der Waals surface area contributed by atoms with Gasteiger partial charge in [-0.25, -0.2) is 12.9 Å². The van der Waals surface area contributed by atoms with Gasteiger partial charge in [0, 0.05) is 11.6 Å². The number of hydrogen-bond acceptors (Lipinski definition) is 6. The minimum Gasteiger partial charge on any atom is -0.463 e. The molecular formula is C21H14N4O3S. The zero-order chi connectivity index (χ0) is 19.8. The van der Waals surface area contributed by atoms with Crippen molar-refractivity contribution in [2.24, 2.45) is 0 Å². The Morgan fingerprint density at radius 1 is 0.828 bits per heavy atom. The smallest absolute Gasteiger partial charge is 0.228 e.